The van der Waals surface area contributed by atoms with Crippen LogP contribution in [0.25, 0.3) is 0 Å². The van der Waals surface area contributed by atoms with E-state index in [1.807, 2.05) is 6.08 Å². The summed E-state index contributed by atoms with van der Waals surface area (Å²) in [5, 5.41) is 0. The van der Waals surface area contributed by atoms with Gasteiger partial charge in [0.05, 0.1) is 0 Å². The summed E-state index contributed by atoms with van der Waals surface area (Å²) < 4.78 is 0. The van der Waals surface area contributed by atoms with Gasteiger partial charge in [-0.2, -0.15) is 0 Å². The van der Waals surface area contributed by atoms with Crippen molar-refractivity contribution in [2.24, 2.45) is 0 Å². The Morgan fingerprint density at radius 3 is 2.33 bits per heavy atom. The summed E-state index contributed by atoms with van der Waals surface area (Å²) >= 11 is 0. The van der Waals surface area contributed by atoms with E-state index in [0.29, 0.717) is 0 Å². The van der Waals surface area contributed by atoms with Crippen LogP contribution in [0.1, 0.15) is 19.8 Å². The zero-order valence-corrected chi connectivity index (χ0v) is 9.98. The van der Waals surface area contributed by atoms with Gasteiger partial charge >= 0.3 is 0 Å². The molecule has 0 unspecified atom stereocenters. The van der Waals surface area contributed by atoms with Crippen LogP contribution in [-0.4, -0.2) is 8.07 Å². The van der Waals surface area contributed by atoms with Crippen molar-refractivity contribution in [3.8, 4) is 0 Å². The minimum atomic E-state index is -0.861. The molecule has 0 saturated heterocycles. The lowest BCUT2D eigenvalue weighted by atomic mass is 10.1. The second-order valence-electron chi connectivity index (χ2n) is 4.64. The molecule has 0 bridgehead atoms. The van der Waals surface area contributed by atoms with E-state index in [4.69, 9.17) is 0 Å². The third kappa shape index (κ3) is 7.80. The predicted molar refractivity (Wildman–Crippen MR) is 61.3 cm³/mol. The Bertz CT molecular complexity index is 160. The molecule has 0 aromatic carbocycles. The van der Waals surface area contributed by atoms with Gasteiger partial charge in [-0.15, -0.1) is 6.58 Å². The summed E-state index contributed by atoms with van der Waals surface area (Å²) in [6.45, 7) is 13.2. The highest BCUT2D eigenvalue weighted by Gasteiger charge is 2.09. The molecule has 0 nitrogen and oxygen atoms in total. The van der Waals surface area contributed by atoms with Crippen LogP contribution >= 0.6 is 0 Å². The van der Waals surface area contributed by atoms with Crippen LogP contribution in [0, 0.1) is 0 Å². The second kappa shape index (κ2) is 5.36. The molecule has 0 fully saturated rings. The van der Waals surface area contributed by atoms with E-state index >= 15 is 0 Å². The number of allylic oxidation sites excluding steroid dienone is 3. The number of hydrogen-bond donors (Lipinski definition) is 0. The first-order valence-corrected chi connectivity index (χ1v) is 8.43. The Morgan fingerprint density at radius 2 is 1.92 bits per heavy atom. The Labute approximate surface area is 78.4 Å². The fourth-order valence-electron chi connectivity index (χ4n) is 0.912. The van der Waals surface area contributed by atoms with Gasteiger partial charge < -0.3 is 0 Å². The highest BCUT2D eigenvalue weighted by atomic mass is 28.3. The molecule has 0 atom stereocenters. The molecule has 0 saturated carbocycles. The maximum absolute atomic E-state index is 3.72. The van der Waals surface area contributed by atoms with Gasteiger partial charge in [-0.1, -0.05) is 37.4 Å². The molecule has 0 rings (SSSR count). The smallest absolute Gasteiger partial charge is 0.0480 e. The molecule has 0 aliphatic carbocycles. The lowest BCUT2D eigenvalue weighted by Crippen LogP contribution is -2.17. The van der Waals surface area contributed by atoms with Crippen molar-refractivity contribution < 1.29 is 0 Å². The molecule has 0 aliphatic heterocycles. The largest absolute Gasteiger partial charge is 0.103 e. The molecular weight excluding hydrogens is 160 g/mol. The van der Waals surface area contributed by atoms with Crippen molar-refractivity contribution in [1.29, 1.82) is 0 Å². The lowest BCUT2D eigenvalue weighted by Gasteiger charge is -2.12. The van der Waals surface area contributed by atoms with E-state index in [2.05, 4.69) is 39.2 Å². The summed E-state index contributed by atoms with van der Waals surface area (Å²) in [5.41, 5.74) is 1.53. The highest BCUT2D eigenvalue weighted by Crippen LogP contribution is 2.13. The van der Waals surface area contributed by atoms with E-state index in [0.717, 1.165) is 6.42 Å². The Kier molecular flexibility index (Phi) is 5.23. The first-order chi connectivity index (χ1) is 5.45. The van der Waals surface area contributed by atoms with E-state index < -0.39 is 8.07 Å². The van der Waals surface area contributed by atoms with Crippen LogP contribution in [0.4, 0.5) is 0 Å². The summed E-state index contributed by atoms with van der Waals surface area (Å²) in [4.78, 5) is 0. The van der Waals surface area contributed by atoms with Gasteiger partial charge in [0.25, 0.3) is 0 Å². The minimum Gasteiger partial charge on any atom is -0.103 e. The van der Waals surface area contributed by atoms with Gasteiger partial charge in [0.15, 0.2) is 0 Å². The molecule has 0 aromatic heterocycles. The van der Waals surface area contributed by atoms with E-state index in [1.165, 1.54) is 18.0 Å². The molecule has 0 heterocycles. The zero-order valence-electron chi connectivity index (χ0n) is 8.98. The third-order valence-electron chi connectivity index (χ3n) is 1.81. The van der Waals surface area contributed by atoms with Crippen LogP contribution in [0.2, 0.25) is 25.7 Å². The molecule has 70 valence electrons. The first kappa shape index (κ1) is 11.7. The Balaban J connectivity index is 3.76. The Hall–Kier alpha value is -0.303. The van der Waals surface area contributed by atoms with Gasteiger partial charge in [0.2, 0.25) is 0 Å². The minimum absolute atomic E-state index is 0.861. The summed E-state index contributed by atoms with van der Waals surface area (Å²) in [7, 11) is -0.861. The molecule has 0 radical (unpaired) electrons. The molecule has 0 amide bonds. The molecule has 0 aliphatic rings. The lowest BCUT2D eigenvalue weighted by molar-refractivity contribution is 0.975. The highest BCUT2D eigenvalue weighted by molar-refractivity contribution is 6.76. The van der Waals surface area contributed by atoms with Crippen LogP contribution in [-0.2, 0) is 0 Å². The topological polar surface area (TPSA) is 0 Å². The van der Waals surface area contributed by atoms with Crippen LogP contribution in [0.5, 0.6) is 0 Å². The SMILES string of the molecule is C=CCC/C(C)=C/C[Si](C)(C)C. The average Bonchev–Trinajstić information content (AvgIpc) is 1.95. The normalized spacial score (nSPS) is 13.2. The monoisotopic (exact) mass is 182 g/mol. The van der Waals surface area contributed by atoms with Crippen molar-refractivity contribution in [2.75, 3.05) is 0 Å². The quantitative estimate of drug-likeness (QED) is 0.441. The summed E-state index contributed by atoms with van der Waals surface area (Å²) in [6, 6.07) is 1.32. The van der Waals surface area contributed by atoms with E-state index in [1.54, 1.807) is 0 Å². The maximum atomic E-state index is 3.72. The van der Waals surface area contributed by atoms with Gasteiger partial charge in [-0.3, -0.25) is 0 Å². The molecule has 1 heteroatoms. The number of hydrogen-bond acceptors (Lipinski definition) is 0. The van der Waals surface area contributed by atoms with E-state index in [-0.39, 0.29) is 0 Å². The molecule has 0 spiro atoms. The molecule has 0 N–H and O–H groups in total. The second-order valence-corrected chi connectivity index (χ2v) is 10.2. The van der Waals surface area contributed by atoms with Crippen molar-refractivity contribution in [2.45, 2.75) is 45.5 Å². The van der Waals surface area contributed by atoms with Gasteiger partial charge in [0.1, 0.15) is 0 Å². The standard InChI is InChI=1S/C11H22Si/c1-6-7-8-11(2)9-10-12(3,4)5/h6,9H,1,7-8,10H2,2-5H3/b11-9+. The molecule has 0 aromatic rings. The van der Waals surface area contributed by atoms with Crippen molar-refractivity contribution in [3.63, 3.8) is 0 Å². The van der Waals surface area contributed by atoms with Gasteiger partial charge in [-0.25, -0.2) is 0 Å². The average molecular weight is 182 g/mol. The fourth-order valence-corrected chi connectivity index (χ4v) is 1.87. The van der Waals surface area contributed by atoms with E-state index in [9.17, 15) is 0 Å². The van der Waals surface area contributed by atoms with Crippen molar-refractivity contribution in [1.82, 2.24) is 0 Å². The molecule has 12 heavy (non-hydrogen) atoms. The van der Waals surface area contributed by atoms with Crippen molar-refractivity contribution in [3.05, 3.63) is 24.3 Å². The van der Waals surface area contributed by atoms with Gasteiger partial charge in [0, 0.05) is 8.07 Å². The summed E-state index contributed by atoms with van der Waals surface area (Å²) in [5.74, 6) is 0. The van der Waals surface area contributed by atoms with Crippen LogP contribution < -0.4 is 0 Å². The maximum Gasteiger partial charge on any atom is 0.0480 e. The first-order valence-electron chi connectivity index (χ1n) is 4.72. The van der Waals surface area contributed by atoms with Crippen LogP contribution in [0.15, 0.2) is 24.3 Å². The molecular formula is C11H22Si. The predicted octanol–water partition coefficient (Wildman–Crippen LogP) is 4.24. The summed E-state index contributed by atoms with van der Waals surface area (Å²) in [6.07, 6.45) is 6.71. The van der Waals surface area contributed by atoms with Crippen LogP contribution in [0.3, 0.4) is 0 Å². The van der Waals surface area contributed by atoms with Gasteiger partial charge in [-0.05, 0) is 25.8 Å². The number of rotatable bonds is 5. The fraction of sp³-hybridized carbons (Fsp3) is 0.636. The Morgan fingerprint density at radius 1 is 1.33 bits per heavy atom. The third-order valence-corrected chi connectivity index (χ3v) is 3.23. The van der Waals surface area contributed by atoms with Crippen molar-refractivity contribution >= 4 is 8.07 Å². The zero-order chi connectivity index (χ0) is 9.61.